The first-order chi connectivity index (χ1) is 9.01. The number of carbonyl (C=O) groups excluding carboxylic acids is 1. The predicted octanol–water partition coefficient (Wildman–Crippen LogP) is 0.824. The van der Waals surface area contributed by atoms with Crippen LogP contribution in [0.2, 0.25) is 0 Å². The monoisotopic (exact) mass is 266 g/mol. The lowest BCUT2D eigenvalue weighted by Gasteiger charge is -2.38. The van der Waals surface area contributed by atoms with Gasteiger partial charge >= 0.3 is 0 Å². The molecule has 1 aliphatic carbocycles. The Kier molecular flexibility index (Phi) is 3.46. The Labute approximate surface area is 110 Å². The quantitative estimate of drug-likeness (QED) is 0.323. The Balaban J connectivity index is 2.06. The fourth-order valence-corrected chi connectivity index (χ4v) is 2.32. The van der Waals surface area contributed by atoms with Crippen LogP contribution in [-0.4, -0.2) is 22.1 Å². The maximum Gasteiger partial charge on any atom is 0.234 e. The zero-order valence-electron chi connectivity index (χ0n) is 11.1. The molecule has 0 unspecified atom stereocenters. The van der Waals surface area contributed by atoms with Gasteiger partial charge in [-0.15, -0.1) is 0 Å². The number of oxime groups is 1. The summed E-state index contributed by atoms with van der Waals surface area (Å²) in [5, 5.41) is 18.4. The first-order valence-corrected chi connectivity index (χ1v) is 6.19. The van der Waals surface area contributed by atoms with E-state index in [1.807, 2.05) is 6.92 Å². The molecule has 0 bridgehead atoms. The molecule has 0 radical (unpaired) electrons. The topological polar surface area (TPSA) is 114 Å². The van der Waals surface area contributed by atoms with Crippen LogP contribution in [0.25, 0.3) is 0 Å². The third-order valence-corrected chi connectivity index (χ3v) is 3.85. The van der Waals surface area contributed by atoms with Crippen LogP contribution >= 0.6 is 0 Å². The van der Waals surface area contributed by atoms with Crippen LogP contribution in [0.1, 0.15) is 36.3 Å². The van der Waals surface area contributed by atoms with Crippen LogP contribution in [0.15, 0.2) is 9.68 Å². The van der Waals surface area contributed by atoms with Crippen LogP contribution in [0, 0.1) is 19.3 Å². The number of nitrogens with one attached hydrogen (secondary N) is 1. The largest absolute Gasteiger partial charge is 0.409 e. The summed E-state index contributed by atoms with van der Waals surface area (Å²) in [6.45, 7) is 3.95. The molecule has 0 spiro atoms. The van der Waals surface area contributed by atoms with Crippen LogP contribution in [0.3, 0.4) is 0 Å². The number of rotatable bonds is 4. The number of amidine groups is 1. The average Bonchev–Trinajstić information content (AvgIpc) is 2.65. The fourth-order valence-electron chi connectivity index (χ4n) is 2.32. The van der Waals surface area contributed by atoms with Gasteiger partial charge in [0.2, 0.25) is 5.91 Å². The molecule has 7 nitrogen and oxygen atoms in total. The van der Waals surface area contributed by atoms with Gasteiger partial charge in [0.05, 0.1) is 5.69 Å². The average molecular weight is 266 g/mol. The van der Waals surface area contributed by atoms with Crippen molar-refractivity contribution in [2.45, 2.75) is 39.7 Å². The summed E-state index contributed by atoms with van der Waals surface area (Å²) in [4.78, 5) is 12.2. The molecule has 1 aromatic heterocycles. The van der Waals surface area contributed by atoms with Gasteiger partial charge < -0.3 is 20.8 Å². The standard InChI is InChI=1S/C12H18N4O3/c1-7-9(8(2)19-16-7)6-14-11(17)12(4-3-5-12)10(13)15-18/h18H,3-6H2,1-2H3,(H2,13,15)(H,14,17). The van der Waals surface area contributed by atoms with E-state index in [1.165, 1.54) is 0 Å². The number of carbonyl (C=O) groups is 1. The van der Waals surface area contributed by atoms with Gasteiger partial charge in [-0.3, -0.25) is 4.79 Å². The summed E-state index contributed by atoms with van der Waals surface area (Å²) in [6, 6.07) is 0. The van der Waals surface area contributed by atoms with Crippen molar-refractivity contribution in [2.75, 3.05) is 0 Å². The summed E-state index contributed by atoms with van der Waals surface area (Å²) in [7, 11) is 0. The van der Waals surface area contributed by atoms with Crippen LogP contribution < -0.4 is 11.1 Å². The zero-order valence-corrected chi connectivity index (χ0v) is 11.1. The predicted molar refractivity (Wildman–Crippen MR) is 67.5 cm³/mol. The Bertz CT molecular complexity index is 498. The Morgan fingerprint density at radius 1 is 1.58 bits per heavy atom. The number of aryl methyl sites for hydroxylation is 2. The van der Waals surface area contributed by atoms with Crippen LogP contribution in [0.5, 0.6) is 0 Å². The van der Waals surface area contributed by atoms with Crippen molar-refractivity contribution in [3.05, 3.63) is 17.0 Å². The molecule has 0 saturated heterocycles. The molecule has 1 fully saturated rings. The summed E-state index contributed by atoms with van der Waals surface area (Å²) in [5.41, 5.74) is 6.39. The van der Waals surface area contributed by atoms with Gasteiger partial charge in [0.1, 0.15) is 11.2 Å². The summed E-state index contributed by atoms with van der Waals surface area (Å²) in [6.07, 6.45) is 2.11. The van der Waals surface area contributed by atoms with Crippen molar-refractivity contribution >= 4 is 11.7 Å². The van der Waals surface area contributed by atoms with Crippen molar-refractivity contribution in [3.63, 3.8) is 0 Å². The lowest BCUT2D eigenvalue weighted by atomic mass is 9.67. The molecule has 4 N–H and O–H groups in total. The van der Waals surface area contributed by atoms with E-state index in [1.54, 1.807) is 6.92 Å². The molecule has 2 rings (SSSR count). The third kappa shape index (κ3) is 2.16. The lowest BCUT2D eigenvalue weighted by molar-refractivity contribution is -0.131. The molecule has 0 aromatic carbocycles. The SMILES string of the molecule is Cc1noc(C)c1CNC(=O)C1(C(N)=NO)CCC1. The summed E-state index contributed by atoms with van der Waals surface area (Å²) in [5.74, 6) is 0.452. The maximum absolute atomic E-state index is 12.2. The molecule has 0 atom stereocenters. The Morgan fingerprint density at radius 2 is 2.26 bits per heavy atom. The fraction of sp³-hybridized carbons (Fsp3) is 0.583. The number of nitrogens with two attached hydrogens (primary N) is 1. The first kappa shape index (κ1) is 13.4. The van der Waals surface area contributed by atoms with Crippen molar-refractivity contribution in [1.29, 1.82) is 0 Å². The molecule has 1 heterocycles. The summed E-state index contributed by atoms with van der Waals surface area (Å²) >= 11 is 0. The molecule has 1 aliphatic rings. The molecule has 0 aliphatic heterocycles. The van der Waals surface area contributed by atoms with E-state index in [0.29, 0.717) is 25.1 Å². The van der Waals surface area contributed by atoms with Gasteiger partial charge in [-0.25, -0.2) is 0 Å². The van der Waals surface area contributed by atoms with E-state index >= 15 is 0 Å². The van der Waals surface area contributed by atoms with E-state index in [0.717, 1.165) is 17.7 Å². The van der Waals surface area contributed by atoms with Crippen molar-refractivity contribution < 1.29 is 14.5 Å². The highest BCUT2D eigenvalue weighted by atomic mass is 16.5. The summed E-state index contributed by atoms with van der Waals surface area (Å²) < 4.78 is 5.03. The molecule has 104 valence electrons. The normalized spacial score (nSPS) is 17.9. The van der Waals surface area contributed by atoms with E-state index in [9.17, 15) is 4.79 Å². The van der Waals surface area contributed by atoms with E-state index in [-0.39, 0.29) is 11.7 Å². The van der Waals surface area contributed by atoms with Crippen molar-refractivity contribution in [3.8, 4) is 0 Å². The molecular formula is C12H18N4O3. The first-order valence-electron chi connectivity index (χ1n) is 6.19. The van der Waals surface area contributed by atoms with Crippen LogP contribution in [-0.2, 0) is 11.3 Å². The lowest BCUT2D eigenvalue weighted by Crippen LogP contribution is -2.53. The van der Waals surface area contributed by atoms with Crippen molar-refractivity contribution in [1.82, 2.24) is 10.5 Å². The number of hydrogen-bond donors (Lipinski definition) is 3. The highest BCUT2D eigenvalue weighted by Crippen LogP contribution is 2.41. The van der Waals surface area contributed by atoms with E-state index in [2.05, 4.69) is 15.6 Å². The van der Waals surface area contributed by atoms with Gasteiger partial charge in [-0.05, 0) is 26.7 Å². The van der Waals surface area contributed by atoms with E-state index in [4.69, 9.17) is 15.5 Å². The highest BCUT2D eigenvalue weighted by molar-refractivity contribution is 6.07. The molecule has 19 heavy (non-hydrogen) atoms. The minimum absolute atomic E-state index is 0.0185. The third-order valence-electron chi connectivity index (χ3n) is 3.85. The Morgan fingerprint density at radius 3 is 2.68 bits per heavy atom. The van der Waals surface area contributed by atoms with Gasteiger partial charge in [-0.2, -0.15) is 0 Å². The van der Waals surface area contributed by atoms with Gasteiger partial charge in [0.15, 0.2) is 5.84 Å². The number of aromatic nitrogens is 1. The van der Waals surface area contributed by atoms with Gasteiger partial charge in [-0.1, -0.05) is 16.7 Å². The molecule has 1 amide bonds. The second kappa shape index (κ2) is 4.91. The van der Waals surface area contributed by atoms with Crippen molar-refractivity contribution in [2.24, 2.45) is 16.3 Å². The minimum atomic E-state index is -0.853. The number of hydrogen-bond acceptors (Lipinski definition) is 5. The maximum atomic E-state index is 12.2. The van der Waals surface area contributed by atoms with Gasteiger partial charge in [0, 0.05) is 12.1 Å². The molecule has 1 saturated carbocycles. The second-order valence-electron chi connectivity index (χ2n) is 4.91. The second-order valence-corrected chi connectivity index (χ2v) is 4.91. The Hall–Kier alpha value is -2.05. The zero-order chi connectivity index (χ0) is 14.0. The molecule has 7 heteroatoms. The number of amides is 1. The minimum Gasteiger partial charge on any atom is -0.409 e. The van der Waals surface area contributed by atoms with E-state index < -0.39 is 5.41 Å². The van der Waals surface area contributed by atoms with Crippen LogP contribution in [0.4, 0.5) is 0 Å². The molecular weight excluding hydrogens is 248 g/mol. The molecule has 1 aromatic rings. The van der Waals surface area contributed by atoms with Gasteiger partial charge in [0.25, 0.3) is 0 Å². The highest BCUT2D eigenvalue weighted by Gasteiger charge is 2.48. The number of nitrogens with zero attached hydrogens (tertiary/aromatic N) is 2. The smallest absolute Gasteiger partial charge is 0.234 e.